The molecular weight excluding hydrogens is 182 g/mol. The Morgan fingerprint density at radius 2 is 2.21 bits per heavy atom. The fraction of sp³-hybridized carbons (Fsp3) is 0.778. The van der Waals surface area contributed by atoms with Crippen LogP contribution in [0.1, 0.15) is 36.5 Å². The number of aromatic nitrogens is 3. The topological polar surface area (TPSA) is 60.0 Å². The fourth-order valence-corrected chi connectivity index (χ4v) is 1.60. The zero-order valence-electron chi connectivity index (χ0n) is 7.90. The van der Waals surface area contributed by atoms with Crippen molar-refractivity contribution < 1.29 is 9.47 Å². The molecule has 3 rings (SSSR count). The van der Waals surface area contributed by atoms with E-state index in [1.807, 2.05) is 0 Å². The molecule has 1 unspecified atom stereocenters. The Morgan fingerprint density at radius 1 is 1.29 bits per heavy atom. The lowest BCUT2D eigenvalue weighted by molar-refractivity contribution is -0.0934. The lowest BCUT2D eigenvalue weighted by Crippen LogP contribution is -2.22. The second-order valence-corrected chi connectivity index (χ2v) is 3.79. The fourth-order valence-electron chi connectivity index (χ4n) is 1.60. The summed E-state index contributed by atoms with van der Waals surface area (Å²) in [7, 11) is 0. The van der Waals surface area contributed by atoms with E-state index in [4.69, 9.17) is 9.47 Å². The van der Waals surface area contributed by atoms with Gasteiger partial charge in [-0.25, -0.2) is 4.98 Å². The van der Waals surface area contributed by atoms with Crippen LogP contribution in [0.15, 0.2) is 0 Å². The third-order valence-corrected chi connectivity index (χ3v) is 2.58. The summed E-state index contributed by atoms with van der Waals surface area (Å²) in [6.07, 6.45) is 2.39. The molecule has 2 heterocycles. The molecule has 1 aliphatic carbocycles. The number of aromatic amines is 1. The van der Waals surface area contributed by atoms with Crippen molar-refractivity contribution in [3.63, 3.8) is 0 Å². The minimum Gasteiger partial charge on any atom is -0.376 e. The number of nitrogens with one attached hydrogen (secondary N) is 1. The average molecular weight is 195 g/mol. The smallest absolute Gasteiger partial charge is 0.156 e. The molecule has 0 aromatic carbocycles. The molecule has 2 aliphatic rings. The standard InChI is InChI=1S/C9H13N3O2/c1-2-6(1)8-10-9(12-11-8)7-5-13-3-4-14-7/h6-7H,1-5H2,(H,10,11,12). The Balaban J connectivity index is 1.74. The Morgan fingerprint density at radius 3 is 2.93 bits per heavy atom. The summed E-state index contributed by atoms with van der Waals surface area (Å²) in [5.74, 6) is 2.34. The van der Waals surface area contributed by atoms with Gasteiger partial charge in [0.2, 0.25) is 0 Å². The summed E-state index contributed by atoms with van der Waals surface area (Å²) < 4.78 is 10.8. The van der Waals surface area contributed by atoms with E-state index >= 15 is 0 Å². The molecule has 5 nitrogen and oxygen atoms in total. The predicted octanol–water partition coefficient (Wildman–Crippen LogP) is 0.770. The van der Waals surface area contributed by atoms with Crippen LogP contribution in [0.4, 0.5) is 0 Å². The van der Waals surface area contributed by atoms with Crippen molar-refractivity contribution in [2.24, 2.45) is 0 Å². The molecule has 1 aromatic heterocycles. The van der Waals surface area contributed by atoms with E-state index in [2.05, 4.69) is 15.2 Å². The Labute approximate surface area is 81.8 Å². The number of hydrogen-bond donors (Lipinski definition) is 1. The lowest BCUT2D eigenvalue weighted by Gasteiger charge is -2.20. The van der Waals surface area contributed by atoms with Crippen LogP contribution in [0.2, 0.25) is 0 Å². The molecule has 1 saturated heterocycles. The zero-order chi connectivity index (χ0) is 9.38. The zero-order valence-corrected chi connectivity index (χ0v) is 7.90. The second kappa shape index (κ2) is 3.33. The van der Waals surface area contributed by atoms with Crippen LogP contribution >= 0.6 is 0 Å². The van der Waals surface area contributed by atoms with Crippen molar-refractivity contribution in [1.29, 1.82) is 0 Å². The van der Waals surface area contributed by atoms with Crippen molar-refractivity contribution in [1.82, 2.24) is 15.2 Å². The van der Waals surface area contributed by atoms with Crippen LogP contribution in [-0.2, 0) is 9.47 Å². The highest BCUT2D eigenvalue weighted by molar-refractivity contribution is 5.06. The molecule has 76 valence electrons. The van der Waals surface area contributed by atoms with Gasteiger partial charge >= 0.3 is 0 Å². The normalized spacial score (nSPS) is 27.9. The molecule has 1 aliphatic heterocycles. The molecule has 2 fully saturated rings. The van der Waals surface area contributed by atoms with Gasteiger partial charge in [-0.1, -0.05) is 0 Å². The molecule has 0 bridgehead atoms. The number of rotatable bonds is 2. The van der Waals surface area contributed by atoms with E-state index in [9.17, 15) is 0 Å². The van der Waals surface area contributed by atoms with Crippen LogP contribution in [0.5, 0.6) is 0 Å². The number of ether oxygens (including phenoxy) is 2. The first-order valence-corrected chi connectivity index (χ1v) is 5.05. The van der Waals surface area contributed by atoms with Crippen LogP contribution in [0.3, 0.4) is 0 Å². The highest BCUT2D eigenvalue weighted by Crippen LogP contribution is 2.38. The van der Waals surface area contributed by atoms with E-state index in [1.54, 1.807) is 0 Å². The molecule has 1 atom stereocenters. The van der Waals surface area contributed by atoms with Gasteiger partial charge in [0, 0.05) is 5.92 Å². The summed E-state index contributed by atoms with van der Waals surface area (Å²) in [6, 6.07) is 0. The van der Waals surface area contributed by atoms with Crippen LogP contribution in [-0.4, -0.2) is 35.0 Å². The third-order valence-electron chi connectivity index (χ3n) is 2.58. The summed E-state index contributed by atoms with van der Waals surface area (Å²) in [4.78, 5) is 4.42. The maximum atomic E-state index is 5.52. The summed E-state index contributed by atoms with van der Waals surface area (Å²) in [5, 5.41) is 7.11. The maximum absolute atomic E-state index is 5.52. The first-order chi connectivity index (χ1) is 6.93. The highest BCUT2D eigenvalue weighted by Gasteiger charge is 2.29. The lowest BCUT2D eigenvalue weighted by atomic mass is 10.3. The van der Waals surface area contributed by atoms with E-state index in [0.29, 0.717) is 25.7 Å². The van der Waals surface area contributed by atoms with Crippen molar-refractivity contribution in [2.45, 2.75) is 24.9 Å². The van der Waals surface area contributed by atoms with Gasteiger partial charge in [0.1, 0.15) is 6.10 Å². The largest absolute Gasteiger partial charge is 0.376 e. The molecule has 1 saturated carbocycles. The first-order valence-electron chi connectivity index (χ1n) is 5.05. The van der Waals surface area contributed by atoms with E-state index in [0.717, 1.165) is 11.6 Å². The Hall–Kier alpha value is -0.940. The van der Waals surface area contributed by atoms with Crippen molar-refractivity contribution in [2.75, 3.05) is 19.8 Å². The molecule has 5 heteroatoms. The highest BCUT2D eigenvalue weighted by atomic mass is 16.6. The summed E-state index contributed by atoms with van der Waals surface area (Å²) in [6.45, 7) is 1.91. The van der Waals surface area contributed by atoms with Crippen molar-refractivity contribution in [3.8, 4) is 0 Å². The maximum Gasteiger partial charge on any atom is 0.156 e. The van der Waals surface area contributed by atoms with Gasteiger partial charge in [-0.05, 0) is 12.8 Å². The molecule has 0 amide bonds. The van der Waals surface area contributed by atoms with Crippen LogP contribution in [0, 0.1) is 0 Å². The predicted molar refractivity (Wildman–Crippen MR) is 47.9 cm³/mol. The second-order valence-electron chi connectivity index (χ2n) is 3.79. The number of H-pyrrole nitrogens is 1. The van der Waals surface area contributed by atoms with Gasteiger partial charge < -0.3 is 9.47 Å². The molecular formula is C9H13N3O2. The molecule has 0 spiro atoms. The van der Waals surface area contributed by atoms with E-state index in [1.165, 1.54) is 12.8 Å². The van der Waals surface area contributed by atoms with Crippen LogP contribution in [0.25, 0.3) is 0 Å². The summed E-state index contributed by atoms with van der Waals surface area (Å²) >= 11 is 0. The van der Waals surface area contributed by atoms with Gasteiger partial charge in [0.25, 0.3) is 0 Å². The average Bonchev–Trinajstić information content (AvgIpc) is 2.98. The number of hydrogen-bond acceptors (Lipinski definition) is 4. The first kappa shape index (κ1) is 8.38. The molecule has 1 aromatic rings. The van der Waals surface area contributed by atoms with Crippen molar-refractivity contribution in [3.05, 3.63) is 11.6 Å². The monoisotopic (exact) mass is 195 g/mol. The van der Waals surface area contributed by atoms with Gasteiger partial charge in [0.05, 0.1) is 19.8 Å². The number of nitrogens with zero attached hydrogens (tertiary/aromatic N) is 2. The van der Waals surface area contributed by atoms with Crippen LogP contribution < -0.4 is 0 Å². The Kier molecular flexibility index (Phi) is 1.99. The minimum absolute atomic E-state index is 0.0521. The van der Waals surface area contributed by atoms with E-state index < -0.39 is 0 Å². The molecule has 14 heavy (non-hydrogen) atoms. The SMILES string of the molecule is C1COC(c2nc(C3CC3)n[nH]2)CO1. The van der Waals surface area contributed by atoms with Gasteiger partial charge in [-0.2, -0.15) is 5.10 Å². The minimum atomic E-state index is -0.0521. The Bertz CT molecular complexity index is 316. The van der Waals surface area contributed by atoms with E-state index in [-0.39, 0.29) is 6.10 Å². The summed E-state index contributed by atoms with van der Waals surface area (Å²) in [5.41, 5.74) is 0. The molecule has 0 radical (unpaired) electrons. The van der Waals surface area contributed by atoms with Gasteiger partial charge in [-0.3, -0.25) is 5.10 Å². The third kappa shape index (κ3) is 1.53. The van der Waals surface area contributed by atoms with Gasteiger partial charge in [0.15, 0.2) is 11.6 Å². The quantitative estimate of drug-likeness (QED) is 0.757. The van der Waals surface area contributed by atoms with Crippen molar-refractivity contribution >= 4 is 0 Å². The molecule has 1 N–H and O–H groups in total. The van der Waals surface area contributed by atoms with Gasteiger partial charge in [-0.15, -0.1) is 0 Å².